The molecular formula is C27H31F2N7. The number of imidazole rings is 1. The summed E-state index contributed by atoms with van der Waals surface area (Å²) >= 11 is 0. The molecule has 3 aromatic heterocycles. The van der Waals surface area contributed by atoms with Gasteiger partial charge >= 0.3 is 0 Å². The largest absolute Gasteiger partial charge is 0.328 e. The van der Waals surface area contributed by atoms with Crippen molar-refractivity contribution in [3.63, 3.8) is 0 Å². The molecule has 1 N–H and O–H groups in total. The van der Waals surface area contributed by atoms with E-state index in [1.54, 1.807) is 6.07 Å². The molecule has 188 valence electrons. The zero-order valence-electron chi connectivity index (χ0n) is 21.0. The first kappa shape index (κ1) is 24.2. The summed E-state index contributed by atoms with van der Waals surface area (Å²) in [6, 6.07) is 7.00. The van der Waals surface area contributed by atoms with Gasteiger partial charge in [0, 0.05) is 43.7 Å². The maximum atomic E-state index is 15.1. The third-order valence-electron chi connectivity index (χ3n) is 6.79. The van der Waals surface area contributed by atoms with Crippen LogP contribution in [0.1, 0.15) is 50.7 Å². The summed E-state index contributed by atoms with van der Waals surface area (Å²) in [5.41, 5.74) is 3.58. The molecule has 9 heteroatoms. The van der Waals surface area contributed by atoms with Crippen molar-refractivity contribution in [2.75, 3.05) is 18.4 Å². The lowest BCUT2D eigenvalue weighted by atomic mass is 10.1. The van der Waals surface area contributed by atoms with Crippen LogP contribution in [0.4, 0.5) is 20.5 Å². The monoisotopic (exact) mass is 491 g/mol. The maximum Gasteiger partial charge on any atom is 0.229 e. The number of aromatic nitrogens is 5. The molecule has 0 amide bonds. The average molecular weight is 492 g/mol. The van der Waals surface area contributed by atoms with Gasteiger partial charge in [0.25, 0.3) is 0 Å². The molecule has 0 bridgehead atoms. The quantitative estimate of drug-likeness (QED) is 0.343. The van der Waals surface area contributed by atoms with E-state index in [4.69, 9.17) is 4.98 Å². The molecule has 4 aromatic rings. The molecule has 0 spiro atoms. The number of hydrogen-bond donors (Lipinski definition) is 1. The van der Waals surface area contributed by atoms with Crippen LogP contribution in [0.3, 0.4) is 0 Å². The van der Waals surface area contributed by atoms with Gasteiger partial charge in [-0.25, -0.2) is 28.7 Å². The van der Waals surface area contributed by atoms with E-state index in [-0.39, 0.29) is 11.6 Å². The summed E-state index contributed by atoms with van der Waals surface area (Å²) in [6.07, 6.45) is 4.75. The van der Waals surface area contributed by atoms with Crippen molar-refractivity contribution in [1.82, 2.24) is 29.4 Å². The second-order valence-electron chi connectivity index (χ2n) is 9.14. The van der Waals surface area contributed by atoms with Crippen LogP contribution in [0, 0.1) is 11.6 Å². The van der Waals surface area contributed by atoms with Crippen LogP contribution in [0.5, 0.6) is 0 Å². The molecular weight excluding hydrogens is 460 g/mol. The number of anilines is 2. The predicted molar refractivity (Wildman–Crippen MR) is 137 cm³/mol. The normalized spacial score (nSPS) is 13.8. The van der Waals surface area contributed by atoms with E-state index in [1.165, 1.54) is 11.6 Å². The van der Waals surface area contributed by atoms with Crippen molar-refractivity contribution in [3.05, 3.63) is 59.2 Å². The third kappa shape index (κ3) is 4.67. The van der Waals surface area contributed by atoms with Crippen LogP contribution < -0.4 is 5.32 Å². The Kier molecular flexibility index (Phi) is 6.91. The molecule has 0 atom stereocenters. The van der Waals surface area contributed by atoms with Crippen molar-refractivity contribution in [2.24, 2.45) is 0 Å². The predicted octanol–water partition coefficient (Wildman–Crippen LogP) is 5.65. The van der Waals surface area contributed by atoms with E-state index in [2.05, 4.69) is 45.1 Å². The number of benzene rings is 1. The highest BCUT2D eigenvalue weighted by molar-refractivity contribution is 5.83. The highest BCUT2D eigenvalue weighted by Gasteiger charge is 2.19. The highest BCUT2D eigenvalue weighted by Crippen LogP contribution is 2.30. The van der Waals surface area contributed by atoms with Crippen LogP contribution in [0.2, 0.25) is 0 Å². The van der Waals surface area contributed by atoms with Gasteiger partial charge in [-0.05, 0) is 43.7 Å². The van der Waals surface area contributed by atoms with Gasteiger partial charge in [-0.1, -0.05) is 26.3 Å². The zero-order valence-corrected chi connectivity index (χ0v) is 21.0. The second-order valence-corrected chi connectivity index (χ2v) is 9.14. The first-order valence-electron chi connectivity index (χ1n) is 12.7. The van der Waals surface area contributed by atoms with Gasteiger partial charge < -0.3 is 9.88 Å². The smallest absolute Gasteiger partial charge is 0.229 e. The Labute approximate surface area is 209 Å². The van der Waals surface area contributed by atoms with Gasteiger partial charge in [-0.15, -0.1) is 0 Å². The van der Waals surface area contributed by atoms with Gasteiger partial charge in [-0.3, -0.25) is 4.90 Å². The number of likely N-dealkylation sites (N-methyl/N-ethyl adjacent to an activating group) is 1. The summed E-state index contributed by atoms with van der Waals surface area (Å²) < 4.78 is 32.0. The Morgan fingerprint density at radius 3 is 2.64 bits per heavy atom. The minimum atomic E-state index is -0.619. The number of fused-ring (bicyclic) bond motifs is 2. The molecule has 0 unspecified atom stereocenters. The van der Waals surface area contributed by atoms with E-state index in [0.29, 0.717) is 29.0 Å². The molecule has 0 aliphatic carbocycles. The molecule has 1 aliphatic heterocycles. The standard InChI is InChI=1S/C27H31F2N7/c1-4-7-8-24-33-26-19(28)13-18(14-22(26)36(24)6-3)25-20(29)15-30-27(34-25)32-23-10-9-17-16-35(5-2)12-11-21(17)31-23/h9-10,13-15H,4-8,11-12,16H2,1-3H3,(H,30,31,32,34). The zero-order chi connectivity index (χ0) is 25.2. The number of aryl methyl sites for hydroxylation is 2. The number of pyridine rings is 1. The van der Waals surface area contributed by atoms with Gasteiger partial charge in [0.05, 0.1) is 11.7 Å². The topological polar surface area (TPSA) is 71.8 Å². The number of unbranched alkanes of at least 4 members (excludes halogenated alkanes) is 1. The van der Waals surface area contributed by atoms with Crippen LogP contribution in [-0.4, -0.2) is 42.5 Å². The number of halogens is 2. The first-order valence-corrected chi connectivity index (χ1v) is 12.7. The van der Waals surface area contributed by atoms with Gasteiger partial charge in [0.15, 0.2) is 11.6 Å². The minimum Gasteiger partial charge on any atom is -0.328 e. The Morgan fingerprint density at radius 1 is 1.00 bits per heavy atom. The van der Waals surface area contributed by atoms with Crippen molar-refractivity contribution in [3.8, 4) is 11.3 Å². The molecule has 7 nitrogen and oxygen atoms in total. The lowest BCUT2D eigenvalue weighted by molar-refractivity contribution is 0.266. The van der Waals surface area contributed by atoms with Gasteiger partial charge in [-0.2, -0.15) is 0 Å². The molecule has 0 fully saturated rings. The van der Waals surface area contributed by atoms with E-state index in [1.807, 2.05) is 17.6 Å². The molecule has 1 aliphatic rings. The fourth-order valence-corrected chi connectivity index (χ4v) is 4.80. The fourth-order valence-electron chi connectivity index (χ4n) is 4.80. The number of hydrogen-bond acceptors (Lipinski definition) is 6. The second kappa shape index (κ2) is 10.3. The molecule has 1 aromatic carbocycles. The summed E-state index contributed by atoms with van der Waals surface area (Å²) in [5, 5.41) is 3.09. The van der Waals surface area contributed by atoms with Gasteiger partial charge in [0.2, 0.25) is 5.95 Å². The summed E-state index contributed by atoms with van der Waals surface area (Å²) in [7, 11) is 0. The average Bonchev–Trinajstić information content (AvgIpc) is 3.26. The first-order chi connectivity index (χ1) is 17.5. The van der Waals surface area contributed by atoms with E-state index in [9.17, 15) is 4.39 Å². The molecule has 36 heavy (non-hydrogen) atoms. The molecule has 4 heterocycles. The van der Waals surface area contributed by atoms with Crippen LogP contribution in [0.15, 0.2) is 30.5 Å². The van der Waals surface area contributed by atoms with Crippen LogP contribution >= 0.6 is 0 Å². The maximum absolute atomic E-state index is 15.1. The Balaban J connectivity index is 1.47. The van der Waals surface area contributed by atoms with Crippen molar-refractivity contribution < 1.29 is 8.78 Å². The molecule has 0 saturated heterocycles. The number of nitrogens with zero attached hydrogens (tertiary/aromatic N) is 6. The van der Waals surface area contributed by atoms with Crippen molar-refractivity contribution in [1.29, 1.82) is 0 Å². The molecule has 5 rings (SSSR count). The Hall–Kier alpha value is -3.46. The summed E-state index contributed by atoms with van der Waals surface area (Å²) in [6.45, 7) is 9.79. The Bertz CT molecular complexity index is 1400. The van der Waals surface area contributed by atoms with Crippen molar-refractivity contribution >= 4 is 22.8 Å². The summed E-state index contributed by atoms with van der Waals surface area (Å²) in [5.74, 6) is 0.542. The number of rotatable bonds is 8. The third-order valence-corrected chi connectivity index (χ3v) is 6.79. The lowest BCUT2D eigenvalue weighted by Gasteiger charge is -2.27. The lowest BCUT2D eigenvalue weighted by Crippen LogP contribution is -2.30. The van der Waals surface area contributed by atoms with E-state index >= 15 is 4.39 Å². The minimum absolute atomic E-state index is 0.0313. The highest BCUT2D eigenvalue weighted by atomic mass is 19.1. The molecule has 0 saturated carbocycles. The number of nitrogens with one attached hydrogen (secondary N) is 1. The summed E-state index contributed by atoms with van der Waals surface area (Å²) in [4.78, 5) is 20.1. The fraction of sp³-hybridized carbons (Fsp3) is 0.407. The van der Waals surface area contributed by atoms with E-state index < -0.39 is 11.6 Å². The van der Waals surface area contributed by atoms with E-state index in [0.717, 1.165) is 63.0 Å². The van der Waals surface area contributed by atoms with Crippen molar-refractivity contribution in [2.45, 2.75) is 59.5 Å². The van der Waals surface area contributed by atoms with Crippen LogP contribution in [0.25, 0.3) is 22.3 Å². The Morgan fingerprint density at radius 2 is 1.86 bits per heavy atom. The SMILES string of the molecule is CCCCc1nc2c(F)cc(-c3nc(Nc4ccc5c(n4)CCN(CC)C5)ncc3F)cc2n1CC. The molecule has 0 radical (unpaired) electrons. The van der Waals surface area contributed by atoms with Crippen LogP contribution in [-0.2, 0) is 25.9 Å². The van der Waals surface area contributed by atoms with Gasteiger partial charge in [0.1, 0.15) is 22.9 Å².